The number of methoxy groups -OCH3 is 1. The summed E-state index contributed by atoms with van der Waals surface area (Å²) in [6.45, 7) is 2.11. The van der Waals surface area contributed by atoms with Gasteiger partial charge in [-0.2, -0.15) is 0 Å². The van der Waals surface area contributed by atoms with E-state index in [0.717, 1.165) is 9.87 Å². The zero-order valence-electron chi connectivity index (χ0n) is 19.2. The number of amides is 1. The fraction of sp³-hybridized carbons (Fsp3) is 0.200. The number of nitrogens with one attached hydrogen (secondary N) is 1. The van der Waals surface area contributed by atoms with Crippen molar-refractivity contribution in [2.45, 2.75) is 11.8 Å². The lowest BCUT2D eigenvalue weighted by atomic mass is 10.2. The summed E-state index contributed by atoms with van der Waals surface area (Å²) < 4.78 is 44.0. The SMILES string of the molecule is COC(=O)c1ccc(NC(=O)CN(c2ccc(C)cc2)S(=O)(=O)c2ccc3c(c2)OCCO3)cc1. The predicted molar refractivity (Wildman–Crippen MR) is 130 cm³/mol. The van der Waals surface area contributed by atoms with Crippen LogP contribution in [-0.2, 0) is 19.6 Å². The van der Waals surface area contributed by atoms with Crippen LogP contribution in [0.2, 0.25) is 0 Å². The molecule has 0 saturated carbocycles. The van der Waals surface area contributed by atoms with Crippen molar-refractivity contribution in [3.05, 3.63) is 77.9 Å². The van der Waals surface area contributed by atoms with Crippen LogP contribution in [0.5, 0.6) is 11.5 Å². The topological polar surface area (TPSA) is 111 Å². The molecular weight excluding hydrogens is 472 g/mol. The molecule has 1 N–H and O–H groups in total. The molecule has 0 bridgehead atoms. The molecule has 0 fully saturated rings. The van der Waals surface area contributed by atoms with Crippen molar-refractivity contribution in [1.29, 1.82) is 0 Å². The van der Waals surface area contributed by atoms with Crippen molar-refractivity contribution in [2.75, 3.05) is 36.5 Å². The molecule has 0 atom stereocenters. The van der Waals surface area contributed by atoms with E-state index in [4.69, 9.17) is 9.47 Å². The van der Waals surface area contributed by atoms with Crippen LogP contribution in [0.4, 0.5) is 11.4 Å². The third-order valence-corrected chi connectivity index (χ3v) is 7.07. The first-order valence-corrected chi connectivity index (χ1v) is 12.2. The number of rotatable bonds is 7. The number of anilines is 2. The molecule has 0 radical (unpaired) electrons. The van der Waals surface area contributed by atoms with E-state index in [9.17, 15) is 18.0 Å². The summed E-state index contributed by atoms with van der Waals surface area (Å²) in [6, 6.07) is 17.3. The van der Waals surface area contributed by atoms with E-state index in [-0.39, 0.29) is 4.90 Å². The number of hydrogen-bond acceptors (Lipinski definition) is 7. The molecule has 3 aromatic rings. The Morgan fingerprint density at radius 3 is 2.26 bits per heavy atom. The second-order valence-electron chi connectivity index (χ2n) is 7.77. The number of benzene rings is 3. The van der Waals surface area contributed by atoms with Crippen molar-refractivity contribution in [3.63, 3.8) is 0 Å². The molecule has 3 aromatic carbocycles. The van der Waals surface area contributed by atoms with Gasteiger partial charge in [0.25, 0.3) is 10.0 Å². The molecular formula is C25H24N2O7S. The Labute approximate surface area is 203 Å². The Balaban J connectivity index is 1.61. The number of carbonyl (C=O) groups is 2. The van der Waals surface area contributed by atoms with E-state index in [0.29, 0.717) is 41.7 Å². The number of aryl methyl sites for hydroxylation is 1. The number of hydrogen-bond donors (Lipinski definition) is 1. The molecule has 1 aliphatic heterocycles. The van der Waals surface area contributed by atoms with Gasteiger partial charge < -0.3 is 19.5 Å². The van der Waals surface area contributed by atoms with Gasteiger partial charge in [-0.3, -0.25) is 9.10 Å². The van der Waals surface area contributed by atoms with Crippen molar-refractivity contribution >= 4 is 33.3 Å². The molecule has 1 heterocycles. The summed E-state index contributed by atoms with van der Waals surface area (Å²) in [5.74, 6) is -0.266. The number of nitrogens with zero attached hydrogens (tertiary/aromatic N) is 1. The maximum absolute atomic E-state index is 13.6. The molecule has 1 amide bonds. The maximum Gasteiger partial charge on any atom is 0.337 e. The number of carbonyl (C=O) groups excluding carboxylic acids is 2. The van der Waals surface area contributed by atoms with Crippen LogP contribution < -0.4 is 19.1 Å². The lowest BCUT2D eigenvalue weighted by Crippen LogP contribution is -2.38. The smallest absolute Gasteiger partial charge is 0.337 e. The highest BCUT2D eigenvalue weighted by Crippen LogP contribution is 2.34. The third-order valence-electron chi connectivity index (χ3n) is 5.30. The van der Waals surface area contributed by atoms with E-state index in [1.165, 1.54) is 49.6 Å². The van der Waals surface area contributed by atoms with Gasteiger partial charge in [0.1, 0.15) is 19.8 Å². The summed E-state index contributed by atoms with van der Waals surface area (Å²) >= 11 is 0. The van der Waals surface area contributed by atoms with Gasteiger partial charge in [0.15, 0.2) is 11.5 Å². The van der Waals surface area contributed by atoms with Crippen LogP contribution in [0, 0.1) is 6.92 Å². The van der Waals surface area contributed by atoms with Gasteiger partial charge in [0.05, 0.1) is 23.3 Å². The van der Waals surface area contributed by atoms with Gasteiger partial charge in [0, 0.05) is 11.8 Å². The third kappa shape index (κ3) is 5.38. The quantitative estimate of drug-likeness (QED) is 0.499. The van der Waals surface area contributed by atoms with E-state index in [1.807, 2.05) is 6.92 Å². The van der Waals surface area contributed by atoms with Gasteiger partial charge in [0.2, 0.25) is 5.91 Å². The van der Waals surface area contributed by atoms with Crippen molar-refractivity contribution in [2.24, 2.45) is 0 Å². The van der Waals surface area contributed by atoms with Gasteiger partial charge in [-0.1, -0.05) is 17.7 Å². The summed E-state index contributed by atoms with van der Waals surface area (Å²) in [4.78, 5) is 24.5. The highest BCUT2D eigenvalue weighted by Gasteiger charge is 2.29. The number of fused-ring (bicyclic) bond motifs is 1. The molecule has 4 rings (SSSR count). The number of esters is 1. The fourth-order valence-corrected chi connectivity index (χ4v) is 4.91. The molecule has 182 valence electrons. The molecule has 10 heteroatoms. The molecule has 0 aromatic heterocycles. The van der Waals surface area contributed by atoms with E-state index < -0.39 is 28.4 Å². The monoisotopic (exact) mass is 496 g/mol. The summed E-state index contributed by atoms with van der Waals surface area (Å²) in [5.41, 5.74) is 2.01. The van der Waals surface area contributed by atoms with Gasteiger partial charge in [-0.15, -0.1) is 0 Å². The zero-order valence-corrected chi connectivity index (χ0v) is 20.0. The van der Waals surface area contributed by atoms with E-state index >= 15 is 0 Å². The van der Waals surface area contributed by atoms with Gasteiger partial charge >= 0.3 is 5.97 Å². The molecule has 0 saturated heterocycles. The van der Waals surface area contributed by atoms with Crippen LogP contribution in [0.15, 0.2) is 71.6 Å². The first kappa shape index (κ1) is 24.1. The minimum absolute atomic E-state index is 0.0300. The van der Waals surface area contributed by atoms with Crippen LogP contribution in [-0.4, -0.2) is 47.2 Å². The molecule has 0 spiro atoms. The Morgan fingerprint density at radius 2 is 1.60 bits per heavy atom. The minimum atomic E-state index is -4.13. The van der Waals surface area contributed by atoms with Crippen molar-refractivity contribution < 1.29 is 32.2 Å². The molecule has 9 nitrogen and oxygen atoms in total. The molecule has 1 aliphatic rings. The lowest BCUT2D eigenvalue weighted by Gasteiger charge is -2.25. The number of ether oxygens (including phenoxy) is 3. The Morgan fingerprint density at radius 1 is 0.943 bits per heavy atom. The van der Waals surface area contributed by atoms with Crippen LogP contribution >= 0.6 is 0 Å². The maximum atomic E-state index is 13.6. The van der Waals surface area contributed by atoms with Crippen LogP contribution in [0.25, 0.3) is 0 Å². The highest BCUT2D eigenvalue weighted by atomic mass is 32.2. The number of sulfonamides is 1. The Hall–Kier alpha value is -4.05. The molecule has 0 unspecified atom stereocenters. The average molecular weight is 497 g/mol. The Bertz CT molecular complexity index is 1340. The second-order valence-corrected chi connectivity index (χ2v) is 9.63. The summed E-state index contributed by atoms with van der Waals surface area (Å²) in [6.07, 6.45) is 0. The first-order chi connectivity index (χ1) is 16.8. The van der Waals surface area contributed by atoms with E-state index in [2.05, 4.69) is 10.1 Å². The highest BCUT2D eigenvalue weighted by molar-refractivity contribution is 7.92. The second kappa shape index (κ2) is 10.1. The van der Waals surface area contributed by atoms with Crippen molar-refractivity contribution in [1.82, 2.24) is 0 Å². The van der Waals surface area contributed by atoms with Gasteiger partial charge in [-0.25, -0.2) is 13.2 Å². The lowest BCUT2D eigenvalue weighted by molar-refractivity contribution is -0.114. The average Bonchev–Trinajstić information content (AvgIpc) is 2.87. The predicted octanol–water partition coefficient (Wildman–Crippen LogP) is 3.39. The Kier molecular flexibility index (Phi) is 6.92. The zero-order chi connectivity index (χ0) is 25.0. The fourth-order valence-electron chi connectivity index (χ4n) is 3.48. The first-order valence-electron chi connectivity index (χ1n) is 10.8. The van der Waals surface area contributed by atoms with Crippen molar-refractivity contribution in [3.8, 4) is 11.5 Å². The summed E-state index contributed by atoms with van der Waals surface area (Å²) in [5, 5.41) is 2.67. The minimum Gasteiger partial charge on any atom is -0.486 e. The van der Waals surface area contributed by atoms with Crippen LogP contribution in [0.1, 0.15) is 15.9 Å². The molecule has 35 heavy (non-hydrogen) atoms. The van der Waals surface area contributed by atoms with Gasteiger partial charge in [-0.05, 0) is 55.5 Å². The van der Waals surface area contributed by atoms with Crippen LogP contribution in [0.3, 0.4) is 0 Å². The standard InChI is InChI=1S/C25H24N2O7S/c1-17-3-9-20(10-4-17)27(16-24(28)26-19-7-5-18(6-8-19)25(29)32-2)35(30,31)21-11-12-22-23(15-21)34-14-13-33-22/h3-12,15H,13-14,16H2,1-2H3,(H,26,28). The largest absolute Gasteiger partial charge is 0.486 e. The normalized spacial score (nSPS) is 12.5. The molecule has 0 aliphatic carbocycles. The summed E-state index contributed by atoms with van der Waals surface area (Å²) in [7, 11) is -2.86. The van der Waals surface area contributed by atoms with E-state index in [1.54, 1.807) is 24.3 Å².